The molecule has 1 aliphatic carbocycles. The first-order valence-corrected chi connectivity index (χ1v) is 12.9. The molecule has 0 unspecified atom stereocenters. The number of fused-ring (bicyclic) bond motifs is 2. The average molecular weight is 562 g/mol. The molecular weight excluding hydrogens is 538 g/mol. The molecule has 5 aromatic rings. The minimum atomic E-state index is 0.000130. The molecule has 4 aromatic heterocycles. The van der Waals surface area contributed by atoms with Crippen LogP contribution in [0.3, 0.4) is 0 Å². The average Bonchev–Trinajstić information content (AvgIpc) is 3.54. The van der Waals surface area contributed by atoms with Gasteiger partial charge in [-0.2, -0.15) is 5.10 Å². The van der Waals surface area contributed by atoms with Crippen LogP contribution < -0.4 is 15.4 Å². The van der Waals surface area contributed by atoms with E-state index >= 15 is 0 Å². The number of ether oxygens (including phenoxy) is 1. The van der Waals surface area contributed by atoms with Crippen molar-refractivity contribution in [3.05, 3.63) is 53.5 Å². The molecule has 2 N–H and O–H groups in total. The summed E-state index contributed by atoms with van der Waals surface area (Å²) in [4.78, 5) is 26.0. The molecule has 6 rings (SSSR count). The maximum Gasteiger partial charge on any atom is 0.229 e. The molecule has 37 heavy (non-hydrogen) atoms. The summed E-state index contributed by atoms with van der Waals surface area (Å²) in [6.07, 6.45) is 7.98. The SMILES string of the molecule is CNc1ncc(-c2nc3c(OCCCn4ccc(Br)n4)cccc3o2)c2cc(NC(=O)C3CC3)ncc12. The summed E-state index contributed by atoms with van der Waals surface area (Å²) in [5, 5.41) is 12.0. The number of carbonyl (C=O) groups excluding carboxylic acids is 1. The Morgan fingerprint density at radius 1 is 1.22 bits per heavy atom. The molecular formula is C26H24BrN7O3. The predicted molar refractivity (Wildman–Crippen MR) is 143 cm³/mol. The molecule has 11 heteroatoms. The summed E-state index contributed by atoms with van der Waals surface area (Å²) in [5.41, 5.74) is 1.96. The van der Waals surface area contributed by atoms with E-state index < -0.39 is 0 Å². The van der Waals surface area contributed by atoms with Crippen molar-refractivity contribution in [2.24, 2.45) is 5.92 Å². The number of nitrogens with zero attached hydrogens (tertiary/aromatic N) is 5. The third-order valence-corrected chi connectivity index (χ3v) is 6.64. The van der Waals surface area contributed by atoms with Crippen molar-refractivity contribution in [3.8, 4) is 17.2 Å². The van der Waals surface area contributed by atoms with E-state index in [2.05, 4.69) is 41.6 Å². The largest absolute Gasteiger partial charge is 0.491 e. The molecule has 0 saturated heterocycles. The maximum atomic E-state index is 12.3. The van der Waals surface area contributed by atoms with E-state index in [0.29, 0.717) is 46.5 Å². The first kappa shape index (κ1) is 23.4. The highest BCUT2D eigenvalue weighted by Gasteiger charge is 2.30. The van der Waals surface area contributed by atoms with Crippen LogP contribution in [-0.4, -0.2) is 44.3 Å². The quantitative estimate of drug-likeness (QED) is 0.234. The molecule has 10 nitrogen and oxygen atoms in total. The first-order valence-electron chi connectivity index (χ1n) is 12.1. The second-order valence-electron chi connectivity index (χ2n) is 8.87. The fourth-order valence-electron chi connectivity index (χ4n) is 4.17. The van der Waals surface area contributed by atoms with Gasteiger partial charge in [-0.15, -0.1) is 0 Å². The molecule has 1 saturated carbocycles. The van der Waals surface area contributed by atoms with Crippen LogP contribution in [0.2, 0.25) is 0 Å². The lowest BCUT2D eigenvalue weighted by atomic mass is 10.1. The Morgan fingerprint density at radius 3 is 2.89 bits per heavy atom. The summed E-state index contributed by atoms with van der Waals surface area (Å²) < 4.78 is 14.9. The number of hydrogen-bond acceptors (Lipinski definition) is 8. The topological polar surface area (TPSA) is 120 Å². The third kappa shape index (κ3) is 4.86. The Labute approximate surface area is 220 Å². The molecule has 1 aromatic carbocycles. The van der Waals surface area contributed by atoms with Crippen molar-refractivity contribution in [1.82, 2.24) is 24.7 Å². The fourth-order valence-corrected chi connectivity index (χ4v) is 4.49. The van der Waals surface area contributed by atoms with Gasteiger partial charge in [-0.1, -0.05) is 6.07 Å². The van der Waals surface area contributed by atoms with Crippen molar-refractivity contribution in [3.63, 3.8) is 0 Å². The summed E-state index contributed by atoms with van der Waals surface area (Å²) in [6.45, 7) is 1.25. The van der Waals surface area contributed by atoms with Gasteiger partial charge in [-0.25, -0.2) is 15.0 Å². The number of carbonyl (C=O) groups is 1. The van der Waals surface area contributed by atoms with Gasteiger partial charge in [0.1, 0.15) is 22.0 Å². The number of amides is 1. The van der Waals surface area contributed by atoms with Crippen LogP contribution in [-0.2, 0) is 11.3 Å². The van der Waals surface area contributed by atoms with Gasteiger partial charge in [-0.05, 0) is 53.0 Å². The number of rotatable bonds is 9. The fraction of sp³-hybridized carbons (Fsp3) is 0.269. The molecule has 188 valence electrons. The summed E-state index contributed by atoms with van der Waals surface area (Å²) in [5.74, 6) is 2.31. The summed E-state index contributed by atoms with van der Waals surface area (Å²) in [7, 11) is 1.80. The van der Waals surface area contributed by atoms with E-state index in [0.717, 1.165) is 41.2 Å². The van der Waals surface area contributed by atoms with Gasteiger partial charge in [0.2, 0.25) is 11.8 Å². The Balaban J connectivity index is 1.29. The molecule has 0 bridgehead atoms. The standard InChI is InChI=1S/C26H24BrN7O3/c1-28-24-17-13-29-22(31-25(35)15-6-7-15)12-16(17)18(14-30-24)26-32-23-19(4-2-5-20(23)37-26)36-11-3-9-34-10-8-21(27)33-34/h2,4-5,8,10,12-15H,3,6-7,9,11H2,1H3,(H,28,30)(H,29,31,35). The number of halogens is 1. The number of aryl methyl sites for hydroxylation is 1. The van der Waals surface area contributed by atoms with Crippen LogP contribution in [0.1, 0.15) is 19.3 Å². The van der Waals surface area contributed by atoms with Crippen molar-refractivity contribution in [2.75, 3.05) is 24.3 Å². The molecule has 0 spiro atoms. The number of para-hydroxylation sites is 1. The zero-order valence-electron chi connectivity index (χ0n) is 20.1. The number of aromatic nitrogens is 5. The number of anilines is 2. The highest BCUT2D eigenvalue weighted by atomic mass is 79.9. The number of hydrogen-bond donors (Lipinski definition) is 2. The van der Waals surface area contributed by atoms with E-state index in [1.807, 2.05) is 41.2 Å². The summed E-state index contributed by atoms with van der Waals surface area (Å²) in [6, 6.07) is 9.37. The lowest BCUT2D eigenvalue weighted by Gasteiger charge is -2.10. The Hall–Kier alpha value is -3.99. The van der Waals surface area contributed by atoms with Gasteiger partial charge in [0, 0.05) is 55.3 Å². The zero-order chi connectivity index (χ0) is 25.4. The summed E-state index contributed by atoms with van der Waals surface area (Å²) >= 11 is 3.36. The van der Waals surface area contributed by atoms with Gasteiger partial charge < -0.3 is 19.8 Å². The number of benzene rings is 1. The second kappa shape index (κ2) is 9.81. The Morgan fingerprint density at radius 2 is 2.11 bits per heavy atom. The molecule has 0 radical (unpaired) electrons. The molecule has 1 amide bonds. The van der Waals surface area contributed by atoms with Gasteiger partial charge in [0.15, 0.2) is 11.1 Å². The van der Waals surface area contributed by atoms with Crippen LogP contribution in [0, 0.1) is 5.92 Å². The smallest absolute Gasteiger partial charge is 0.229 e. The minimum absolute atomic E-state index is 0.000130. The molecule has 4 heterocycles. The first-order chi connectivity index (χ1) is 18.1. The normalized spacial score (nSPS) is 13.2. The monoisotopic (exact) mass is 561 g/mol. The number of pyridine rings is 2. The Kier molecular flexibility index (Phi) is 6.21. The van der Waals surface area contributed by atoms with Gasteiger partial charge in [-0.3, -0.25) is 9.48 Å². The van der Waals surface area contributed by atoms with Gasteiger partial charge in [0.25, 0.3) is 0 Å². The molecule has 1 aliphatic rings. The van der Waals surface area contributed by atoms with Crippen LogP contribution in [0.25, 0.3) is 33.3 Å². The third-order valence-electron chi connectivity index (χ3n) is 6.22. The molecule has 0 atom stereocenters. The van der Waals surface area contributed by atoms with E-state index in [9.17, 15) is 4.79 Å². The highest BCUT2D eigenvalue weighted by molar-refractivity contribution is 9.10. The number of oxazole rings is 1. The van der Waals surface area contributed by atoms with E-state index in [4.69, 9.17) is 14.1 Å². The van der Waals surface area contributed by atoms with E-state index in [-0.39, 0.29) is 11.8 Å². The number of nitrogens with one attached hydrogen (secondary N) is 2. The lowest BCUT2D eigenvalue weighted by molar-refractivity contribution is -0.117. The predicted octanol–water partition coefficient (Wildman–Crippen LogP) is 5.26. The molecule has 0 aliphatic heterocycles. The van der Waals surface area contributed by atoms with Crippen molar-refractivity contribution in [1.29, 1.82) is 0 Å². The van der Waals surface area contributed by atoms with Crippen molar-refractivity contribution in [2.45, 2.75) is 25.8 Å². The lowest BCUT2D eigenvalue weighted by Crippen LogP contribution is -2.14. The van der Waals surface area contributed by atoms with E-state index in [1.54, 1.807) is 19.4 Å². The zero-order valence-corrected chi connectivity index (χ0v) is 21.7. The maximum absolute atomic E-state index is 12.3. The van der Waals surface area contributed by atoms with Crippen molar-refractivity contribution >= 4 is 55.3 Å². The van der Waals surface area contributed by atoms with Crippen LogP contribution in [0.15, 0.2) is 57.9 Å². The second-order valence-corrected chi connectivity index (χ2v) is 9.69. The van der Waals surface area contributed by atoms with Gasteiger partial charge >= 0.3 is 0 Å². The van der Waals surface area contributed by atoms with Crippen LogP contribution in [0.4, 0.5) is 11.6 Å². The minimum Gasteiger partial charge on any atom is -0.491 e. The van der Waals surface area contributed by atoms with Gasteiger partial charge in [0.05, 0.1) is 12.2 Å². The highest BCUT2D eigenvalue weighted by Crippen LogP contribution is 2.36. The Bertz CT molecular complexity index is 1610. The molecule has 1 fully saturated rings. The van der Waals surface area contributed by atoms with Crippen molar-refractivity contribution < 1.29 is 13.9 Å². The van der Waals surface area contributed by atoms with Crippen LogP contribution in [0.5, 0.6) is 5.75 Å². The van der Waals surface area contributed by atoms with Crippen LogP contribution >= 0.6 is 15.9 Å². The van der Waals surface area contributed by atoms with E-state index in [1.165, 1.54) is 0 Å².